The highest BCUT2D eigenvalue weighted by molar-refractivity contribution is 6.30. The van der Waals surface area contributed by atoms with Crippen LogP contribution in [0.5, 0.6) is 0 Å². The van der Waals surface area contributed by atoms with Crippen LogP contribution in [0.15, 0.2) is 18.2 Å². The molecule has 2 fully saturated rings. The van der Waals surface area contributed by atoms with Crippen molar-refractivity contribution < 1.29 is 28.6 Å². The summed E-state index contributed by atoms with van der Waals surface area (Å²) < 4.78 is 18.8. The van der Waals surface area contributed by atoms with Gasteiger partial charge in [-0.3, -0.25) is 9.59 Å². The van der Waals surface area contributed by atoms with E-state index in [9.17, 15) is 23.9 Å². The van der Waals surface area contributed by atoms with Crippen LogP contribution in [0.4, 0.5) is 10.1 Å². The quantitative estimate of drug-likeness (QED) is 0.850. The molecule has 140 valence electrons. The van der Waals surface area contributed by atoms with Crippen LogP contribution in [0.3, 0.4) is 0 Å². The van der Waals surface area contributed by atoms with Crippen molar-refractivity contribution in [3.63, 3.8) is 0 Å². The number of carbonyl (C=O) groups excluding carboxylic acids is 2. The zero-order valence-electron chi connectivity index (χ0n) is 14.0. The van der Waals surface area contributed by atoms with Crippen molar-refractivity contribution in [2.24, 2.45) is 5.92 Å². The van der Waals surface area contributed by atoms with Gasteiger partial charge in [-0.1, -0.05) is 11.6 Å². The summed E-state index contributed by atoms with van der Waals surface area (Å²) in [6.07, 6.45) is -0.188. The summed E-state index contributed by atoms with van der Waals surface area (Å²) in [6.45, 7) is 0.242. The van der Waals surface area contributed by atoms with Gasteiger partial charge in [-0.2, -0.15) is 0 Å². The first kappa shape index (κ1) is 18.6. The van der Waals surface area contributed by atoms with Gasteiger partial charge in [-0.15, -0.1) is 0 Å². The smallest absolute Gasteiger partial charge is 0.326 e. The second-order valence-corrected chi connectivity index (χ2v) is 6.85. The molecule has 0 aliphatic carbocycles. The number of amides is 2. The molecule has 2 aliphatic heterocycles. The number of halogens is 2. The maximum Gasteiger partial charge on any atom is 0.326 e. The number of aliphatic carboxylic acids is 1. The minimum atomic E-state index is -1.10. The second kappa shape index (κ2) is 7.20. The predicted molar refractivity (Wildman–Crippen MR) is 90.4 cm³/mol. The summed E-state index contributed by atoms with van der Waals surface area (Å²) >= 11 is 5.66. The number of carbonyl (C=O) groups is 3. The molecule has 0 saturated carbocycles. The van der Waals surface area contributed by atoms with Crippen molar-refractivity contribution in [3.8, 4) is 0 Å². The maximum absolute atomic E-state index is 13.7. The van der Waals surface area contributed by atoms with E-state index in [-0.39, 0.29) is 43.0 Å². The van der Waals surface area contributed by atoms with Crippen molar-refractivity contribution >= 4 is 35.1 Å². The molecule has 1 aromatic carbocycles. The van der Waals surface area contributed by atoms with Gasteiger partial charge in [-0.05, 0) is 18.2 Å². The number of methoxy groups -OCH3 is 1. The van der Waals surface area contributed by atoms with Gasteiger partial charge in [-0.25, -0.2) is 9.18 Å². The molecule has 0 bridgehead atoms. The normalized spacial score (nSPS) is 25.8. The van der Waals surface area contributed by atoms with Crippen LogP contribution in [0.2, 0.25) is 5.02 Å². The van der Waals surface area contributed by atoms with E-state index in [4.69, 9.17) is 16.3 Å². The lowest BCUT2D eigenvalue weighted by Crippen LogP contribution is -2.44. The number of benzene rings is 1. The molecule has 0 spiro atoms. The zero-order valence-corrected chi connectivity index (χ0v) is 14.8. The molecular formula is C17H18ClFN2O5. The first-order valence-electron chi connectivity index (χ1n) is 8.13. The highest BCUT2D eigenvalue weighted by Gasteiger charge is 2.45. The summed E-state index contributed by atoms with van der Waals surface area (Å²) in [5.41, 5.74) is 0.318. The van der Waals surface area contributed by atoms with E-state index in [2.05, 4.69) is 0 Å². The maximum atomic E-state index is 13.7. The van der Waals surface area contributed by atoms with E-state index >= 15 is 0 Å². The Kier molecular flexibility index (Phi) is 5.15. The lowest BCUT2D eigenvalue weighted by molar-refractivity contribution is -0.149. The first-order valence-corrected chi connectivity index (χ1v) is 8.51. The number of hydrogen-bond donors (Lipinski definition) is 1. The number of anilines is 1. The molecule has 3 atom stereocenters. The number of rotatable bonds is 4. The second-order valence-electron chi connectivity index (χ2n) is 6.44. The molecule has 2 amide bonds. The third-order valence-corrected chi connectivity index (χ3v) is 5.16. The first-order chi connectivity index (χ1) is 12.3. The molecule has 0 aromatic heterocycles. The Morgan fingerprint density at radius 2 is 2.08 bits per heavy atom. The van der Waals surface area contributed by atoms with Crippen molar-refractivity contribution in [1.29, 1.82) is 0 Å². The topological polar surface area (TPSA) is 87.1 Å². The van der Waals surface area contributed by atoms with Crippen LogP contribution in [-0.4, -0.2) is 60.1 Å². The number of ether oxygens (including phenoxy) is 1. The number of hydrogen-bond acceptors (Lipinski definition) is 4. The van der Waals surface area contributed by atoms with Crippen molar-refractivity contribution in [1.82, 2.24) is 4.90 Å². The van der Waals surface area contributed by atoms with Gasteiger partial charge >= 0.3 is 5.97 Å². The number of carboxylic acid groups (broad SMARTS) is 1. The summed E-state index contributed by atoms with van der Waals surface area (Å²) in [4.78, 5) is 39.1. The average Bonchev–Trinajstić information content (AvgIpc) is 3.20. The standard InChI is InChI=1S/C17H18ClFN2O5/c1-26-11-6-14(17(24)25)21(8-11)16(23)9-4-15(22)20(7-9)10-2-3-12(18)13(19)5-10/h2-3,5,9,11,14H,4,6-8H2,1H3,(H,24,25). The fourth-order valence-electron chi connectivity index (χ4n) is 3.46. The van der Waals surface area contributed by atoms with Gasteiger partial charge in [0.05, 0.1) is 17.0 Å². The molecule has 7 nitrogen and oxygen atoms in total. The highest BCUT2D eigenvalue weighted by Crippen LogP contribution is 2.31. The van der Waals surface area contributed by atoms with E-state index in [0.717, 1.165) is 6.07 Å². The largest absolute Gasteiger partial charge is 0.480 e. The lowest BCUT2D eigenvalue weighted by Gasteiger charge is -2.24. The highest BCUT2D eigenvalue weighted by atomic mass is 35.5. The van der Waals surface area contributed by atoms with E-state index in [1.165, 1.54) is 29.0 Å². The zero-order chi connectivity index (χ0) is 19.0. The summed E-state index contributed by atoms with van der Waals surface area (Å²) in [5.74, 6) is -3.15. The van der Waals surface area contributed by atoms with Crippen LogP contribution in [-0.2, 0) is 19.1 Å². The van der Waals surface area contributed by atoms with Crippen LogP contribution < -0.4 is 4.90 Å². The molecule has 9 heteroatoms. The van der Waals surface area contributed by atoms with E-state index in [1.807, 2.05) is 0 Å². The number of carboxylic acids is 1. The molecular weight excluding hydrogens is 367 g/mol. The Hall–Kier alpha value is -2.19. The van der Waals surface area contributed by atoms with E-state index in [1.54, 1.807) is 0 Å². The molecule has 1 N–H and O–H groups in total. The average molecular weight is 385 g/mol. The SMILES string of the molecule is COC1CC(C(=O)O)N(C(=O)C2CC(=O)N(c3ccc(Cl)c(F)c3)C2)C1. The molecule has 2 aliphatic rings. The third kappa shape index (κ3) is 3.39. The Balaban J connectivity index is 1.76. The fraction of sp³-hybridized carbons (Fsp3) is 0.471. The van der Waals surface area contributed by atoms with Crippen molar-refractivity contribution in [3.05, 3.63) is 29.0 Å². The molecule has 0 radical (unpaired) electrons. The van der Waals surface area contributed by atoms with Gasteiger partial charge < -0.3 is 19.6 Å². The monoisotopic (exact) mass is 384 g/mol. The summed E-state index contributed by atoms with van der Waals surface area (Å²) in [7, 11) is 1.47. The van der Waals surface area contributed by atoms with Gasteiger partial charge in [0, 0.05) is 38.7 Å². The van der Waals surface area contributed by atoms with E-state index < -0.39 is 29.7 Å². The minimum Gasteiger partial charge on any atom is -0.480 e. The molecule has 1 aromatic rings. The molecule has 2 saturated heterocycles. The summed E-state index contributed by atoms with van der Waals surface area (Å²) in [5, 5.41) is 9.29. The number of likely N-dealkylation sites (tertiary alicyclic amines) is 1. The molecule has 3 rings (SSSR count). The van der Waals surface area contributed by atoms with Gasteiger partial charge in [0.15, 0.2) is 0 Å². The third-order valence-electron chi connectivity index (χ3n) is 4.85. The van der Waals surface area contributed by atoms with Crippen LogP contribution in [0.25, 0.3) is 0 Å². The Labute approximate surface area is 154 Å². The van der Waals surface area contributed by atoms with Gasteiger partial charge in [0.1, 0.15) is 11.9 Å². The van der Waals surface area contributed by atoms with Gasteiger partial charge in [0.2, 0.25) is 11.8 Å². The molecule has 26 heavy (non-hydrogen) atoms. The van der Waals surface area contributed by atoms with Crippen molar-refractivity contribution in [2.75, 3.05) is 25.1 Å². The molecule has 3 unspecified atom stereocenters. The number of nitrogens with zero attached hydrogens (tertiary/aromatic N) is 2. The minimum absolute atomic E-state index is 0.0520. The van der Waals surface area contributed by atoms with Crippen LogP contribution in [0.1, 0.15) is 12.8 Å². The lowest BCUT2D eigenvalue weighted by atomic mass is 10.1. The molecule has 2 heterocycles. The van der Waals surface area contributed by atoms with E-state index in [0.29, 0.717) is 5.69 Å². The van der Waals surface area contributed by atoms with Crippen LogP contribution in [0, 0.1) is 11.7 Å². The Bertz CT molecular complexity index is 759. The van der Waals surface area contributed by atoms with Crippen molar-refractivity contribution in [2.45, 2.75) is 25.0 Å². The predicted octanol–water partition coefficient (Wildman–Crippen LogP) is 1.53. The Morgan fingerprint density at radius 3 is 2.69 bits per heavy atom. The Morgan fingerprint density at radius 1 is 1.35 bits per heavy atom. The fourth-order valence-corrected chi connectivity index (χ4v) is 3.57. The van der Waals surface area contributed by atoms with Crippen LogP contribution >= 0.6 is 11.6 Å². The van der Waals surface area contributed by atoms with Gasteiger partial charge in [0.25, 0.3) is 0 Å². The summed E-state index contributed by atoms with van der Waals surface area (Å²) in [6, 6.07) is 3.03.